The van der Waals surface area contributed by atoms with E-state index in [0.717, 1.165) is 37.9 Å². The van der Waals surface area contributed by atoms with Gasteiger partial charge in [-0.05, 0) is 12.8 Å². The highest BCUT2D eigenvalue weighted by atomic mass is 32.2. The van der Waals surface area contributed by atoms with E-state index in [0.29, 0.717) is 0 Å². The maximum absolute atomic E-state index is 10.5. The van der Waals surface area contributed by atoms with Gasteiger partial charge in [0.15, 0.2) is 0 Å². The maximum atomic E-state index is 10.5. The summed E-state index contributed by atoms with van der Waals surface area (Å²) in [4.78, 5) is 10.5. The lowest BCUT2D eigenvalue weighted by molar-refractivity contribution is 0.221. The molecule has 0 unspecified atom stereocenters. The molecule has 0 spiro atoms. The molecule has 1 N–H and O–H groups in total. The Labute approximate surface area is 83.6 Å². The van der Waals surface area contributed by atoms with Gasteiger partial charge < -0.3 is 5.11 Å². The molecule has 0 saturated carbocycles. The van der Waals surface area contributed by atoms with E-state index >= 15 is 0 Å². The van der Waals surface area contributed by atoms with Crippen molar-refractivity contribution in [1.82, 2.24) is 4.31 Å². The fourth-order valence-electron chi connectivity index (χ4n) is 1.60. The zero-order chi connectivity index (χ0) is 9.52. The van der Waals surface area contributed by atoms with Crippen LogP contribution in [0.3, 0.4) is 0 Å². The lowest BCUT2D eigenvalue weighted by Gasteiger charge is -2.16. The molecular weight excluding hydrogens is 186 g/mol. The average molecular weight is 203 g/mol. The molecule has 1 fully saturated rings. The van der Waals surface area contributed by atoms with Crippen LogP contribution in [0.15, 0.2) is 0 Å². The lowest BCUT2D eigenvalue weighted by Crippen LogP contribution is -2.19. The minimum absolute atomic E-state index is 0.778. The van der Waals surface area contributed by atoms with Crippen LogP contribution in [0.25, 0.3) is 0 Å². The van der Waals surface area contributed by atoms with Crippen LogP contribution in [-0.4, -0.2) is 27.8 Å². The van der Waals surface area contributed by atoms with Gasteiger partial charge in [-0.25, -0.2) is 9.10 Å². The van der Waals surface area contributed by atoms with Gasteiger partial charge in [-0.15, -0.1) is 0 Å². The Balaban J connectivity index is 2.27. The second-order valence-corrected chi connectivity index (χ2v) is 4.46. The predicted molar refractivity (Wildman–Crippen MR) is 54.9 cm³/mol. The van der Waals surface area contributed by atoms with Gasteiger partial charge >= 0.3 is 5.30 Å². The quantitative estimate of drug-likeness (QED) is 0.665. The van der Waals surface area contributed by atoms with Crippen LogP contribution < -0.4 is 0 Å². The Hall–Kier alpha value is -0.220. The molecule has 0 bridgehead atoms. The van der Waals surface area contributed by atoms with E-state index in [1.807, 2.05) is 4.31 Å². The summed E-state index contributed by atoms with van der Waals surface area (Å²) in [5.41, 5.74) is 0. The van der Waals surface area contributed by atoms with Gasteiger partial charge in [0.05, 0.1) is 0 Å². The number of carbonyl (C=O) groups is 1. The van der Waals surface area contributed by atoms with E-state index < -0.39 is 5.30 Å². The smallest absolute Gasteiger partial charge is 0.380 e. The highest BCUT2D eigenvalue weighted by molar-refractivity contribution is 8.11. The van der Waals surface area contributed by atoms with Crippen LogP contribution in [0.4, 0.5) is 4.79 Å². The molecule has 0 aromatic carbocycles. The third kappa shape index (κ3) is 5.16. The standard InChI is InChI=1S/C9H17NO2S/c11-9(12)13-10-7-5-3-1-2-4-6-8-10/h1-8H2,(H,11,12). The molecule has 1 saturated heterocycles. The van der Waals surface area contributed by atoms with Gasteiger partial charge in [0.1, 0.15) is 0 Å². The molecule has 1 aliphatic heterocycles. The minimum atomic E-state index is -0.778. The first-order valence-electron chi connectivity index (χ1n) is 4.95. The van der Waals surface area contributed by atoms with Gasteiger partial charge in [-0.3, -0.25) is 0 Å². The van der Waals surface area contributed by atoms with Gasteiger partial charge in [0.2, 0.25) is 0 Å². The van der Waals surface area contributed by atoms with E-state index in [-0.39, 0.29) is 0 Å². The van der Waals surface area contributed by atoms with Crippen LogP contribution in [-0.2, 0) is 0 Å². The zero-order valence-electron chi connectivity index (χ0n) is 7.87. The first-order chi connectivity index (χ1) is 6.29. The second-order valence-electron chi connectivity index (χ2n) is 3.41. The lowest BCUT2D eigenvalue weighted by atomic mass is 10.1. The molecule has 3 nitrogen and oxygen atoms in total. The Morgan fingerprint density at radius 2 is 1.46 bits per heavy atom. The van der Waals surface area contributed by atoms with E-state index in [1.54, 1.807) is 0 Å². The van der Waals surface area contributed by atoms with Crippen LogP contribution in [0, 0.1) is 0 Å². The summed E-state index contributed by atoms with van der Waals surface area (Å²) >= 11 is 0.957. The Morgan fingerprint density at radius 1 is 1.00 bits per heavy atom. The number of hydrogen-bond donors (Lipinski definition) is 1. The van der Waals surface area contributed by atoms with Gasteiger partial charge in [-0.1, -0.05) is 25.7 Å². The van der Waals surface area contributed by atoms with Crippen molar-refractivity contribution in [3.63, 3.8) is 0 Å². The Bertz CT molecular complexity index is 154. The van der Waals surface area contributed by atoms with Crippen molar-refractivity contribution in [2.45, 2.75) is 38.5 Å². The third-order valence-electron chi connectivity index (χ3n) is 2.27. The summed E-state index contributed by atoms with van der Waals surface area (Å²) in [6, 6.07) is 0. The van der Waals surface area contributed by atoms with Gasteiger partial charge in [0, 0.05) is 25.0 Å². The SMILES string of the molecule is O=C(O)SN1CCCCCCCC1. The van der Waals surface area contributed by atoms with Crippen molar-refractivity contribution >= 4 is 17.2 Å². The van der Waals surface area contributed by atoms with Gasteiger partial charge in [-0.2, -0.15) is 0 Å². The molecule has 0 radical (unpaired) electrons. The molecule has 0 amide bonds. The molecule has 1 rings (SSSR count). The molecule has 1 aliphatic rings. The predicted octanol–water partition coefficient (Wildman–Crippen LogP) is 2.97. The summed E-state index contributed by atoms with van der Waals surface area (Å²) in [6.07, 6.45) is 7.39. The molecule has 0 aromatic heterocycles. The van der Waals surface area contributed by atoms with E-state index in [2.05, 4.69) is 0 Å². The summed E-state index contributed by atoms with van der Waals surface area (Å²) < 4.78 is 1.98. The van der Waals surface area contributed by atoms with Crippen LogP contribution in [0.2, 0.25) is 0 Å². The van der Waals surface area contributed by atoms with Gasteiger partial charge in [0.25, 0.3) is 0 Å². The van der Waals surface area contributed by atoms with E-state index in [1.165, 1.54) is 25.7 Å². The highest BCUT2D eigenvalue weighted by Gasteiger charge is 2.11. The number of carboxylic acid groups (broad SMARTS) is 1. The van der Waals surface area contributed by atoms with Crippen molar-refractivity contribution in [2.24, 2.45) is 0 Å². The normalized spacial score (nSPS) is 21.5. The van der Waals surface area contributed by atoms with Crippen molar-refractivity contribution < 1.29 is 9.90 Å². The van der Waals surface area contributed by atoms with E-state index in [9.17, 15) is 4.79 Å². The number of rotatable bonds is 1. The van der Waals surface area contributed by atoms with E-state index in [4.69, 9.17) is 5.11 Å². The van der Waals surface area contributed by atoms with Crippen LogP contribution in [0.5, 0.6) is 0 Å². The monoisotopic (exact) mass is 203 g/mol. The van der Waals surface area contributed by atoms with Crippen molar-refractivity contribution in [3.8, 4) is 0 Å². The fourth-order valence-corrected chi connectivity index (χ4v) is 2.26. The largest absolute Gasteiger partial charge is 0.472 e. The van der Waals surface area contributed by atoms with Crippen molar-refractivity contribution in [3.05, 3.63) is 0 Å². The molecule has 0 atom stereocenters. The first kappa shape index (κ1) is 10.9. The summed E-state index contributed by atoms with van der Waals surface area (Å²) in [7, 11) is 0. The summed E-state index contributed by atoms with van der Waals surface area (Å²) in [6.45, 7) is 1.86. The molecule has 4 heteroatoms. The Morgan fingerprint density at radius 3 is 1.92 bits per heavy atom. The summed E-state index contributed by atoms with van der Waals surface area (Å²) in [5.74, 6) is 0. The number of hydrogen-bond acceptors (Lipinski definition) is 3. The van der Waals surface area contributed by atoms with Crippen molar-refractivity contribution in [1.29, 1.82) is 0 Å². The molecule has 1 heterocycles. The zero-order valence-corrected chi connectivity index (χ0v) is 8.68. The average Bonchev–Trinajstić information content (AvgIpc) is 2.17. The highest BCUT2D eigenvalue weighted by Crippen LogP contribution is 2.17. The molecular formula is C9H17NO2S. The Kier molecular flexibility index (Phi) is 5.23. The van der Waals surface area contributed by atoms with Crippen LogP contribution in [0.1, 0.15) is 38.5 Å². The minimum Gasteiger partial charge on any atom is -0.472 e. The molecule has 0 aliphatic carbocycles. The topological polar surface area (TPSA) is 40.5 Å². The summed E-state index contributed by atoms with van der Waals surface area (Å²) in [5, 5.41) is 7.84. The maximum Gasteiger partial charge on any atom is 0.380 e. The molecule has 13 heavy (non-hydrogen) atoms. The third-order valence-corrected chi connectivity index (χ3v) is 3.05. The van der Waals surface area contributed by atoms with Crippen molar-refractivity contribution in [2.75, 3.05) is 13.1 Å². The fraction of sp³-hybridized carbons (Fsp3) is 0.889. The molecule has 76 valence electrons. The second kappa shape index (κ2) is 6.27. The first-order valence-corrected chi connectivity index (χ1v) is 5.72. The number of nitrogens with zero attached hydrogens (tertiary/aromatic N) is 1. The van der Waals surface area contributed by atoms with Crippen LogP contribution >= 0.6 is 11.9 Å². The molecule has 0 aromatic rings.